The van der Waals surface area contributed by atoms with Gasteiger partial charge in [-0.15, -0.1) is 0 Å². The molecule has 0 N–H and O–H groups in total. The number of azide groups is 1. The van der Waals surface area contributed by atoms with Crippen molar-refractivity contribution < 1.29 is 9.53 Å². The maximum absolute atomic E-state index is 10.5. The molecule has 0 heterocycles. The second-order valence-corrected chi connectivity index (χ2v) is 4.82. The molecule has 96 valence electrons. The van der Waals surface area contributed by atoms with Crippen molar-refractivity contribution in [3.05, 3.63) is 22.6 Å². The molecule has 1 atom stereocenters. The predicted octanol–water partition coefficient (Wildman–Crippen LogP) is 3.61. The van der Waals surface area contributed by atoms with Crippen LogP contribution in [0.1, 0.15) is 40.5 Å². The minimum absolute atomic E-state index is 0.271. The van der Waals surface area contributed by atoms with E-state index in [2.05, 4.69) is 16.9 Å². The van der Waals surface area contributed by atoms with Gasteiger partial charge < -0.3 is 4.74 Å². The monoisotopic (exact) mass is 239 g/mol. The van der Waals surface area contributed by atoms with E-state index in [1.807, 2.05) is 26.0 Å². The van der Waals surface area contributed by atoms with E-state index in [4.69, 9.17) is 10.3 Å². The Hall–Kier alpha value is -1.48. The van der Waals surface area contributed by atoms with E-state index in [9.17, 15) is 4.79 Å². The summed E-state index contributed by atoms with van der Waals surface area (Å²) < 4.78 is 4.77. The molecule has 0 spiro atoms. The van der Waals surface area contributed by atoms with Crippen molar-refractivity contribution in [1.82, 2.24) is 0 Å². The van der Waals surface area contributed by atoms with E-state index >= 15 is 0 Å². The Bertz CT molecular complexity index is 318. The lowest BCUT2D eigenvalue weighted by Crippen LogP contribution is -2.19. The first-order valence-corrected chi connectivity index (χ1v) is 5.72. The van der Waals surface area contributed by atoms with E-state index in [1.54, 1.807) is 0 Å². The smallest absolute Gasteiger partial charge is 0.302 e. The number of rotatable bonds is 7. The molecule has 0 aromatic heterocycles. The van der Waals surface area contributed by atoms with Gasteiger partial charge in [0.2, 0.25) is 0 Å². The van der Waals surface area contributed by atoms with Gasteiger partial charge in [-0.3, -0.25) is 4.79 Å². The summed E-state index contributed by atoms with van der Waals surface area (Å²) in [5.41, 5.74) is 8.06. The highest BCUT2D eigenvalue weighted by Gasteiger charge is 2.18. The summed E-state index contributed by atoms with van der Waals surface area (Å²) in [5.74, 6) is 0.149. The van der Waals surface area contributed by atoms with Crippen molar-refractivity contribution in [1.29, 1.82) is 0 Å². The fraction of sp³-hybridized carbons (Fsp3) is 0.750. The Morgan fingerprint density at radius 1 is 1.53 bits per heavy atom. The normalized spacial score (nSPS) is 13.2. The van der Waals surface area contributed by atoms with Crippen LogP contribution in [0.4, 0.5) is 0 Å². The summed E-state index contributed by atoms with van der Waals surface area (Å²) in [5, 5.41) is 3.75. The van der Waals surface area contributed by atoms with Gasteiger partial charge in [0.1, 0.15) is 6.61 Å². The van der Waals surface area contributed by atoms with Gasteiger partial charge in [0.05, 0.1) is 0 Å². The summed E-state index contributed by atoms with van der Waals surface area (Å²) in [6, 6.07) is 0. The van der Waals surface area contributed by atoms with Crippen molar-refractivity contribution in [3.63, 3.8) is 0 Å². The highest BCUT2D eigenvalue weighted by atomic mass is 16.5. The Kier molecular flexibility index (Phi) is 7.06. The topological polar surface area (TPSA) is 75.1 Å². The Balaban J connectivity index is 3.90. The number of hydrogen-bond donors (Lipinski definition) is 0. The average Bonchev–Trinajstić information content (AvgIpc) is 2.15. The summed E-state index contributed by atoms with van der Waals surface area (Å²) in [4.78, 5) is 13.3. The van der Waals surface area contributed by atoms with Crippen LogP contribution < -0.4 is 0 Å². The zero-order valence-corrected chi connectivity index (χ0v) is 11.0. The highest BCUT2D eigenvalue weighted by molar-refractivity contribution is 5.65. The van der Waals surface area contributed by atoms with Gasteiger partial charge in [0.25, 0.3) is 0 Å². The summed E-state index contributed by atoms with van der Waals surface area (Å²) in [7, 11) is 0. The van der Waals surface area contributed by atoms with Gasteiger partial charge in [0, 0.05) is 17.4 Å². The largest absolute Gasteiger partial charge is 0.462 e. The van der Waals surface area contributed by atoms with Gasteiger partial charge in [-0.25, -0.2) is 0 Å². The van der Waals surface area contributed by atoms with Crippen LogP contribution in [-0.2, 0) is 9.53 Å². The van der Waals surface area contributed by atoms with E-state index in [-0.39, 0.29) is 11.5 Å². The van der Waals surface area contributed by atoms with Gasteiger partial charge >= 0.3 is 5.97 Å². The lowest BCUT2D eigenvalue weighted by molar-refractivity contribution is -0.139. The third-order valence-corrected chi connectivity index (χ3v) is 2.25. The molecular weight excluding hydrogens is 218 g/mol. The van der Waals surface area contributed by atoms with Crippen molar-refractivity contribution in [2.24, 2.45) is 11.0 Å². The molecule has 0 radical (unpaired) electrons. The van der Waals surface area contributed by atoms with E-state index in [0.29, 0.717) is 12.5 Å². The molecule has 0 rings (SSSR count). The Morgan fingerprint density at radius 2 is 2.18 bits per heavy atom. The summed E-state index contributed by atoms with van der Waals surface area (Å²) in [6.45, 7) is 7.66. The molecule has 17 heavy (non-hydrogen) atoms. The first-order valence-electron chi connectivity index (χ1n) is 5.72. The number of esters is 1. The number of hydrogen-bond acceptors (Lipinski definition) is 3. The maximum Gasteiger partial charge on any atom is 0.302 e. The van der Waals surface area contributed by atoms with E-state index < -0.39 is 0 Å². The molecule has 0 aromatic carbocycles. The molecule has 0 aliphatic heterocycles. The van der Waals surface area contributed by atoms with Gasteiger partial charge in [-0.1, -0.05) is 38.0 Å². The molecule has 5 heteroatoms. The molecule has 1 unspecified atom stereocenters. The SMILES string of the molecule is CC(=O)OC/C=C/CC(C)CC(C)(C)N=[N+]=[N-]. The number of ether oxygens (including phenoxy) is 1. The van der Waals surface area contributed by atoms with Crippen LogP contribution in [0.2, 0.25) is 0 Å². The van der Waals surface area contributed by atoms with Crippen molar-refractivity contribution in [3.8, 4) is 0 Å². The zero-order chi connectivity index (χ0) is 13.3. The molecule has 0 saturated heterocycles. The van der Waals surface area contributed by atoms with Crippen LogP contribution in [0, 0.1) is 5.92 Å². The summed E-state index contributed by atoms with van der Waals surface area (Å²) >= 11 is 0. The van der Waals surface area contributed by atoms with E-state index in [0.717, 1.165) is 12.8 Å². The van der Waals surface area contributed by atoms with Gasteiger partial charge in [-0.2, -0.15) is 0 Å². The molecule has 0 saturated carbocycles. The average molecular weight is 239 g/mol. The molecule has 0 amide bonds. The lowest BCUT2D eigenvalue weighted by atomic mass is 9.90. The van der Waals surface area contributed by atoms with Gasteiger partial charge in [-0.05, 0) is 24.3 Å². The Labute approximate surface area is 102 Å². The molecule has 0 bridgehead atoms. The lowest BCUT2D eigenvalue weighted by Gasteiger charge is -2.21. The maximum atomic E-state index is 10.5. The van der Waals surface area contributed by atoms with Crippen molar-refractivity contribution >= 4 is 5.97 Å². The number of carbonyl (C=O) groups excluding carboxylic acids is 1. The fourth-order valence-electron chi connectivity index (χ4n) is 1.66. The molecule has 0 aliphatic carbocycles. The predicted molar refractivity (Wildman–Crippen MR) is 67.4 cm³/mol. The van der Waals surface area contributed by atoms with Crippen LogP contribution in [0.3, 0.4) is 0 Å². The quantitative estimate of drug-likeness (QED) is 0.224. The van der Waals surface area contributed by atoms with Gasteiger partial charge in [0.15, 0.2) is 0 Å². The molecule has 5 nitrogen and oxygen atoms in total. The van der Waals surface area contributed by atoms with Crippen LogP contribution in [-0.4, -0.2) is 18.1 Å². The third-order valence-electron chi connectivity index (χ3n) is 2.25. The third kappa shape index (κ3) is 9.45. The van der Waals surface area contributed by atoms with Crippen molar-refractivity contribution in [2.45, 2.75) is 46.1 Å². The Morgan fingerprint density at radius 3 is 2.71 bits per heavy atom. The second-order valence-electron chi connectivity index (χ2n) is 4.82. The fourth-order valence-corrected chi connectivity index (χ4v) is 1.66. The van der Waals surface area contributed by atoms with Crippen LogP contribution in [0.25, 0.3) is 10.4 Å². The summed E-state index contributed by atoms with van der Waals surface area (Å²) in [6.07, 6.45) is 5.53. The minimum Gasteiger partial charge on any atom is -0.462 e. The molecule has 0 aliphatic rings. The number of carbonyl (C=O) groups is 1. The number of nitrogens with zero attached hydrogens (tertiary/aromatic N) is 3. The second kappa shape index (κ2) is 7.74. The van der Waals surface area contributed by atoms with Crippen molar-refractivity contribution in [2.75, 3.05) is 6.61 Å². The van der Waals surface area contributed by atoms with Crippen LogP contribution in [0.15, 0.2) is 17.3 Å². The molecular formula is C12H21N3O2. The van der Waals surface area contributed by atoms with Crippen LogP contribution in [0.5, 0.6) is 0 Å². The first-order chi connectivity index (χ1) is 7.87. The van der Waals surface area contributed by atoms with E-state index in [1.165, 1.54) is 6.92 Å². The first kappa shape index (κ1) is 15.5. The molecule has 0 aromatic rings. The standard InChI is InChI=1S/C12H21N3O2/c1-10(9-12(3,4)14-15-13)7-5-6-8-17-11(2)16/h5-6,10H,7-9H2,1-4H3/b6-5+. The zero-order valence-electron chi connectivity index (χ0n) is 11.0. The highest BCUT2D eigenvalue weighted by Crippen LogP contribution is 2.22. The number of allylic oxidation sites excluding steroid dienone is 1. The molecule has 0 fully saturated rings. The minimum atomic E-state index is -0.349. The van der Waals surface area contributed by atoms with Crippen LogP contribution >= 0.6 is 0 Å².